The molecule has 0 radical (unpaired) electrons. The summed E-state index contributed by atoms with van der Waals surface area (Å²) in [4.78, 5) is 0. The zero-order valence-electron chi connectivity index (χ0n) is 14.6. The summed E-state index contributed by atoms with van der Waals surface area (Å²) < 4.78 is 4.01. The Morgan fingerprint density at radius 2 is 1.00 bits per heavy atom. The average molecular weight is 411 g/mol. The first-order valence-corrected chi connectivity index (χ1v) is 20.6. The molecule has 0 saturated heterocycles. The second kappa shape index (κ2) is 8.82. The Hall–Kier alpha value is 1.50. The van der Waals surface area contributed by atoms with E-state index in [0.29, 0.717) is 9.49 Å². The fourth-order valence-corrected chi connectivity index (χ4v) is 48.6. The van der Waals surface area contributed by atoms with Crippen LogP contribution in [-0.4, -0.2) is 25.1 Å². The van der Waals surface area contributed by atoms with Crippen LogP contribution < -0.4 is 0 Å². The molecule has 0 saturated carbocycles. The van der Waals surface area contributed by atoms with Crippen molar-refractivity contribution in [1.82, 2.24) is 0 Å². The van der Waals surface area contributed by atoms with Crippen LogP contribution in [0.2, 0.25) is 8.87 Å². The molecule has 19 heavy (non-hydrogen) atoms. The van der Waals surface area contributed by atoms with Gasteiger partial charge in [-0.2, -0.15) is 0 Å². The van der Waals surface area contributed by atoms with E-state index in [1.54, 1.807) is 8.87 Å². The number of hydrogen-bond donors (Lipinski definition) is 0. The fourth-order valence-electron chi connectivity index (χ4n) is 2.36. The summed E-state index contributed by atoms with van der Waals surface area (Å²) in [6, 6.07) is 0. The van der Waals surface area contributed by atoms with Gasteiger partial charge in [-0.15, -0.1) is 0 Å². The van der Waals surface area contributed by atoms with Crippen molar-refractivity contribution < 1.29 is 0 Å². The van der Waals surface area contributed by atoms with Gasteiger partial charge in [-0.1, -0.05) is 0 Å². The number of hydrogen-bond acceptors (Lipinski definition) is 2. The maximum atomic E-state index is 2.43. The normalized spacial score (nSPS) is 13.9. The summed E-state index contributed by atoms with van der Waals surface area (Å²) in [5.74, 6) is 0. The van der Waals surface area contributed by atoms with Crippen molar-refractivity contribution in [1.29, 1.82) is 0 Å². The molecule has 0 rings (SSSR count). The summed E-state index contributed by atoms with van der Waals surface area (Å²) in [5, 5.41) is 0. The van der Waals surface area contributed by atoms with Crippen molar-refractivity contribution >= 4 is 33.5 Å². The van der Waals surface area contributed by atoms with Crippen LogP contribution in [0.25, 0.3) is 0 Å². The van der Waals surface area contributed by atoms with E-state index in [2.05, 4.69) is 73.3 Å². The van der Waals surface area contributed by atoms with E-state index >= 15 is 0 Å². The van der Waals surface area contributed by atoms with E-state index in [0.717, 1.165) is 0 Å². The fraction of sp³-hybridized carbons (Fsp3) is 1.00. The van der Waals surface area contributed by atoms with Crippen LogP contribution in [0.1, 0.15) is 81.1 Å². The Labute approximate surface area is 132 Å². The minimum absolute atomic E-state index is 0.440. The van der Waals surface area contributed by atoms with E-state index < -0.39 is 15.6 Å². The molecule has 3 heteroatoms. The van der Waals surface area contributed by atoms with Gasteiger partial charge in [-0.25, -0.2) is 0 Å². The van der Waals surface area contributed by atoms with Gasteiger partial charge in [-0.3, -0.25) is 0 Å². The summed E-state index contributed by atoms with van der Waals surface area (Å²) >= 11 is -2.14. The molecule has 0 heterocycles. The van der Waals surface area contributed by atoms with Crippen LogP contribution >= 0.6 is 17.9 Å². The molecule has 0 aliphatic carbocycles. The molecule has 0 fully saturated rings. The molecule has 0 atom stereocenters. The van der Waals surface area contributed by atoms with Crippen molar-refractivity contribution in [2.24, 2.45) is 0 Å². The van der Waals surface area contributed by atoms with Crippen molar-refractivity contribution in [3.63, 3.8) is 0 Å². The first-order chi connectivity index (χ1) is 8.54. The van der Waals surface area contributed by atoms with Gasteiger partial charge in [0.15, 0.2) is 0 Å². The molecule has 0 unspecified atom stereocenters. The van der Waals surface area contributed by atoms with Crippen molar-refractivity contribution in [3.05, 3.63) is 0 Å². The number of rotatable bonds is 8. The van der Waals surface area contributed by atoms with Crippen LogP contribution in [0, 0.1) is 0 Å². The molecule has 0 aliphatic rings. The topological polar surface area (TPSA) is 0 Å². The van der Waals surface area contributed by atoms with Crippen LogP contribution in [0.15, 0.2) is 0 Å². The standard InChI is InChI=1S/2C4H10S.2C4H9.Sn/c2*1-4(2,3)5;2*1-3-4-2;/h2*5H,1-3H3;2*1,3-4H2,2H3;/q;;;;+2/p-2. The first-order valence-electron chi connectivity index (χ1n) is 7.94. The Bertz CT molecular complexity index is 212. The van der Waals surface area contributed by atoms with Crippen LogP contribution in [0.4, 0.5) is 0 Å². The zero-order valence-corrected chi connectivity index (χ0v) is 19.0. The third kappa shape index (κ3) is 10.8. The van der Waals surface area contributed by atoms with Crippen LogP contribution in [0.3, 0.4) is 0 Å². The molecule has 0 aromatic rings. The molecule has 0 N–H and O–H groups in total. The summed E-state index contributed by atoms with van der Waals surface area (Å²) in [7, 11) is 4.86. The van der Waals surface area contributed by atoms with Crippen molar-refractivity contribution in [2.45, 2.75) is 99.4 Å². The molecule has 0 aromatic heterocycles. The van der Waals surface area contributed by atoms with Crippen LogP contribution in [0.5, 0.6) is 0 Å². The SMILES string of the molecule is CCC[CH2][Sn]([CH2]CCC)([S]C(C)(C)C)[S]C(C)(C)C. The molecular weight excluding hydrogens is 375 g/mol. The van der Waals surface area contributed by atoms with Gasteiger partial charge in [0.2, 0.25) is 0 Å². The zero-order chi connectivity index (χ0) is 15.2. The Morgan fingerprint density at radius 3 is 1.21 bits per heavy atom. The Kier molecular flexibility index (Phi) is 9.52. The van der Waals surface area contributed by atoms with E-state index in [4.69, 9.17) is 0 Å². The van der Waals surface area contributed by atoms with E-state index in [1.807, 2.05) is 0 Å². The minimum atomic E-state index is -2.14. The summed E-state index contributed by atoms with van der Waals surface area (Å²) in [6.07, 6.45) is 5.62. The van der Waals surface area contributed by atoms with Crippen LogP contribution in [-0.2, 0) is 0 Å². The van der Waals surface area contributed by atoms with Gasteiger partial charge in [0.05, 0.1) is 0 Å². The first kappa shape index (κ1) is 20.5. The Morgan fingerprint density at radius 1 is 0.684 bits per heavy atom. The molecule has 116 valence electrons. The van der Waals surface area contributed by atoms with Crippen molar-refractivity contribution in [2.75, 3.05) is 0 Å². The molecule has 0 bridgehead atoms. The predicted molar refractivity (Wildman–Crippen MR) is 99.9 cm³/mol. The quantitative estimate of drug-likeness (QED) is 0.391. The van der Waals surface area contributed by atoms with Gasteiger partial charge in [-0.05, 0) is 0 Å². The molecule has 0 aromatic carbocycles. The third-order valence-electron chi connectivity index (χ3n) is 2.81. The van der Waals surface area contributed by atoms with Gasteiger partial charge >= 0.3 is 133 Å². The van der Waals surface area contributed by atoms with E-state index in [9.17, 15) is 0 Å². The summed E-state index contributed by atoms with van der Waals surface area (Å²) in [6.45, 7) is 19.2. The molecule has 0 spiro atoms. The molecule has 0 amide bonds. The predicted octanol–water partition coefficient (Wildman–Crippen LogP) is 7.09. The van der Waals surface area contributed by atoms with Gasteiger partial charge in [0, 0.05) is 0 Å². The van der Waals surface area contributed by atoms with Crippen molar-refractivity contribution in [3.8, 4) is 0 Å². The van der Waals surface area contributed by atoms with Gasteiger partial charge in [0.1, 0.15) is 0 Å². The van der Waals surface area contributed by atoms with E-state index in [-0.39, 0.29) is 0 Å². The Balaban J connectivity index is 5.06. The average Bonchev–Trinajstić information content (AvgIpc) is 2.19. The monoisotopic (exact) mass is 412 g/mol. The van der Waals surface area contributed by atoms with Gasteiger partial charge in [0.25, 0.3) is 0 Å². The van der Waals surface area contributed by atoms with E-state index in [1.165, 1.54) is 25.7 Å². The third-order valence-corrected chi connectivity index (χ3v) is 36.8. The summed E-state index contributed by atoms with van der Waals surface area (Å²) in [5.41, 5.74) is 0. The molecule has 0 nitrogen and oxygen atoms in total. The van der Waals surface area contributed by atoms with Gasteiger partial charge < -0.3 is 0 Å². The molecule has 0 aliphatic heterocycles. The number of unbranched alkanes of at least 4 members (excludes halogenated alkanes) is 2. The second-order valence-corrected chi connectivity index (χ2v) is 34.2. The molecular formula is C16H36S2Sn. The second-order valence-electron chi connectivity index (χ2n) is 7.55. The maximum absolute atomic E-state index is 2.43.